The molecular weight excluding hydrogens is 368 g/mol. The van der Waals surface area contributed by atoms with E-state index in [-0.39, 0.29) is 24.6 Å². The Hall–Kier alpha value is -3.11. The Balaban J connectivity index is 1.63. The lowest BCUT2D eigenvalue weighted by molar-refractivity contribution is -0.145. The molecule has 0 aliphatic rings. The molecule has 0 unspecified atom stereocenters. The summed E-state index contributed by atoms with van der Waals surface area (Å²) >= 11 is 5.94. The molecule has 0 radical (unpaired) electrons. The highest BCUT2D eigenvalue weighted by molar-refractivity contribution is 6.30. The van der Waals surface area contributed by atoms with Gasteiger partial charge in [0.2, 0.25) is 0 Å². The van der Waals surface area contributed by atoms with E-state index in [2.05, 4.69) is 9.97 Å². The molecular formula is C19H17ClN4O3. The first-order chi connectivity index (χ1) is 12.9. The summed E-state index contributed by atoms with van der Waals surface area (Å²) in [5.41, 5.74) is 3.04. The minimum absolute atomic E-state index is 0.0607. The second-order valence-corrected chi connectivity index (χ2v) is 6.61. The lowest BCUT2D eigenvalue weighted by Crippen LogP contribution is -2.17. The lowest BCUT2D eigenvalue weighted by atomic mass is 9.99. The number of rotatable bonds is 5. The van der Waals surface area contributed by atoms with Crippen LogP contribution in [0.1, 0.15) is 34.5 Å². The van der Waals surface area contributed by atoms with Crippen LogP contribution < -0.4 is 5.56 Å². The molecule has 0 spiro atoms. The van der Waals surface area contributed by atoms with Crippen LogP contribution in [0, 0.1) is 25.2 Å². The van der Waals surface area contributed by atoms with Crippen molar-refractivity contribution in [2.45, 2.75) is 33.3 Å². The van der Waals surface area contributed by atoms with E-state index in [1.165, 1.54) is 0 Å². The van der Waals surface area contributed by atoms with Gasteiger partial charge < -0.3 is 14.1 Å². The van der Waals surface area contributed by atoms with Crippen molar-refractivity contribution in [1.29, 1.82) is 5.26 Å². The second-order valence-electron chi connectivity index (χ2n) is 6.18. The molecule has 0 fully saturated rings. The number of nitrogens with zero attached hydrogens (tertiary/aromatic N) is 3. The maximum Gasteiger partial charge on any atom is 0.306 e. The van der Waals surface area contributed by atoms with Crippen molar-refractivity contribution >= 4 is 23.2 Å². The molecule has 0 amide bonds. The number of fused-ring (bicyclic) bond motifs is 1. The predicted octanol–water partition coefficient (Wildman–Crippen LogP) is 2.84. The molecule has 0 aliphatic carbocycles. The summed E-state index contributed by atoms with van der Waals surface area (Å²) in [7, 11) is 0. The number of esters is 1. The number of H-pyrrole nitrogens is 1. The highest BCUT2D eigenvalue weighted by Gasteiger charge is 2.14. The van der Waals surface area contributed by atoms with Gasteiger partial charge in [-0.3, -0.25) is 9.59 Å². The van der Waals surface area contributed by atoms with Gasteiger partial charge in [0.05, 0.1) is 10.7 Å². The van der Waals surface area contributed by atoms with Crippen molar-refractivity contribution in [2.75, 3.05) is 0 Å². The normalized spacial score (nSPS) is 10.7. The van der Waals surface area contributed by atoms with Crippen LogP contribution >= 0.6 is 11.6 Å². The van der Waals surface area contributed by atoms with Gasteiger partial charge in [0.1, 0.15) is 23.9 Å². The summed E-state index contributed by atoms with van der Waals surface area (Å²) in [5, 5.41) is 9.69. The maximum atomic E-state index is 12.1. The number of ether oxygens (including phenoxy) is 1. The van der Waals surface area contributed by atoms with E-state index in [0.717, 1.165) is 5.56 Å². The van der Waals surface area contributed by atoms with Gasteiger partial charge in [0.25, 0.3) is 5.56 Å². The molecule has 1 N–H and O–H groups in total. The maximum absolute atomic E-state index is 12.1. The molecule has 27 heavy (non-hydrogen) atoms. The Bertz CT molecular complexity index is 1120. The number of aromatic nitrogens is 3. The molecule has 7 nitrogen and oxygen atoms in total. The Morgan fingerprint density at radius 2 is 2.15 bits per heavy atom. The fraction of sp³-hybridized carbons (Fsp3) is 0.263. The Labute approximate surface area is 160 Å². The van der Waals surface area contributed by atoms with Crippen molar-refractivity contribution in [2.24, 2.45) is 0 Å². The third kappa shape index (κ3) is 4.01. The minimum atomic E-state index is -0.411. The monoisotopic (exact) mass is 384 g/mol. The highest BCUT2D eigenvalue weighted by Crippen LogP contribution is 2.16. The molecule has 138 valence electrons. The van der Waals surface area contributed by atoms with E-state index >= 15 is 0 Å². The number of halogens is 1. The van der Waals surface area contributed by atoms with Crippen LogP contribution in [-0.4, -0.2) is 20.3 Å². The summed E-state index contributed by atoms with van der Waals surface area (Å²) in [6.07, 6.45) is 3.99. The minimum Gasteiger partial charge on any atom is -0.459 e. The van der Waals surface area contributed by atoms with Crippen molar-refractivity contribution < 1.29 is 9.53 Å². The number of hydrogen-bond acceptors (Lipinski definition) is 5. The number of pyridine rings is 2. The van der Waals surface area contributed by atoms with E-state index in [4.69, 9.17) is 21.6 Å². The zero-order valence-electron chi connectivity index (χ0n) is 14.9. The molecule has 0 aromatic carbocycles. The van der Waals surface area contributed by atoms with E-state index in [1.807, 2.05) is 6.07 Å². The smallest absolute Gasteiger partial charge is 0.306 e. The number of nitrogens with one attached hydrogen (secondary N) is 1. The average molecular weight is 385 g/mol. The largest absolute Gasteiger partial charge is 0.459 e. The summed E-state index contributed by atoms with van der Waals surface area (Å²) in [6.45, 7) is 3.52. The van der Waals surface area contributed by atoms with Crippen LogP contribution in [0.2, 0.25) is 5.02 Å². The Morgan fingerprint density at radius 3 is 2.89 bits per heavy atom. The summed E-state index contributed by atoms with van der Waals surface area (Å²) < 4.78 is 7.05. The molecule has 8 heteroatoms. The van der Waals surface area contributed by atoms with Gasteiger partial charge >= 0.3 is 5.97 Å². The van der Waals surface area contributed by atoms with Crippen LogP contribution in [0.3, 0.4) is 0 Å². The molecule has 0 aliphatic heterocycles. The molecule has 3 rings (SSSR count). The van der Waals surface area contributed by atoms with Crippen molar-refractivity contribution in [3.05, 3.63) is 68.0 Å². The molecule has 0 saturated heterocycles. The number of nitriles is 1. The van der Waals surface area contributed by atoms with E-state index in [1.54, 1.807) is 42.8 Å². The zero-order valence-corrected chi connectivity index (χ0v) is 15.6. The first-order valence-electron chi connectivity index (χ1n) is 8.30. The third-order valence-corrected chi connectivity index (χ3v) is 4.57. The third-order valence-electron chi connectivity index (χ3n) is 4.35. The van der Waals surface area contributed by atoms with Gasteiger partial charge in [-0.05, 0) is 43.5 Å². The van der Waals surface area contributed by atoms with Gasteiger partial charge in [-0.25, -0.2) is 4.98 Å². The second kappa shape index (κ2) is 7.64. The van der Waals surface area contributed by atoms with Gasteiger partial charge in [0.15, 0.2) is 0 Å². The molecule has 0 atom stereocenters. The first-order valence-corrected chi connectivity index (χ1v) is 8.68. The first kappa shape index (κ1) is 18.7. The number of carbonyl (C=O) groups excluding carboxylic acids is 1. The molecule has 3 aromatic rings. The zero-order chi connectivity index (χ0) is 19.6. The SMILES string of the molecule is Cc1[nH]c(=O)c(C#N)c(C)c1CCC(=O)OCc1cn2cc(Cl)ccc2n1. The molecule has 0 bridgehead atoms. The fourth-order valence-corrected chi connectivity index (χ4v) is 3.13. The van der Waals surface area contributed by atoms with E-state index in [0.29, 0.717) is 34.0 Å². The molecule has 3 heterocycles. The molecule has 0 saturated carbocycles. The number of aryl methyl sites for hydroxylation is 1. The van der Waals surface area contributed by atoms with Crippen molar-refractivity contribution in [1.82, 2.24) is 14.4 Å². The Morgan fingerprint density at radius 1 is 1.37 bits per heavy atom. The number of carbonyl (C=O) groups is 1. The number of imidazole rings is 1. The van der Waals surface area contributed by atoms with Crippen LogP contribution in [-0.2, 0) is 22.6 Å². The van der Waals surface area contributed by atoms with Crippen LogP contribution in [0.15, 0.2) is 29.3 Å². The van der Waals surface area contributed by atoms with Gasteiger partial charge in [-0.15, -0.1) is 0 Å². The Kier molecular flexibility index (Phi) is 5.28. The lowest BCUT2D eigenvalue weighted by Gasteiger charge is -2.10. The summed E-state index contributed by atoms with van der Waals surface area (Å²) in [4.78, 5) is 30.8. The van der Waals surface area contributed by atoms with Crippen molar-refractivity contribution in [3.8, 4) is 6.07 Å². The van der Waals surface area contributed by atoms with E-state index < -0.39 is 5.56 Å². The van der Waals surface area contributed by atoms with Gasteiger partial charge in [-0.2, -0.15) is 5.26 Å². The number of aromatic amines is 1. The van der Waals surface area contributed by atoms with Crippen LogP contribution in [0.5, 0.6) is 0 Å². The van der Waals surface area contributed by atoms with E-state index in [9.17, 15) is 9.59 Å². The highest BCUT2D eigenvalue weighted by atomic mass is 35.5. The van der Waals surface area contributed by atoms with Gasteiger partial charge in [-0.1, -0.05) is 11.6 Å². The molecule has 3 aromatic heterocycles. The summed E-state index contributed by atoms with van der Waals surface area (Å²) in [6, 6.07) is 5.42. The topological polar surface area (TPSA) is 100 Å². The van der Waals surface area contributed by atoms with Crippen LogP contribution in [0.4, 0.5) is 0 Å². The van der Waals surface area contributed by atoms with Gasteiger partial charge in [0, 0.05) is 24.5 Å². The quantitative estimate of drug-likeness (QED) is 0.682. The van der Waals surface area contributed by atoms with Crippen LogP contribution in [0.25, 0.3) is 5.65 Å². The fourth-order valence-electron chi connectivity index (χ4n) is 2.96. The summed E-state index contributed by atoms with van der Waals surface area (Å²) in [5.74, 6) is -0.381. The predicted molar refractivity (Wildman–Crippen MR) is 99.6 cm³/mol. The van der Waals surface area contributed by atoms with Crippen molar-refractivity contribution in [3.63, 3.8) is 0 Å². The number of hydrogen-bond donors (Lipinski definition) is 1. The standard InChI is InChI=1S/C19H17ClN4O3/c1-11-15(12(2)22-19(26)16(11)7-21)4-6-18(25)27-10-14-9-24-8-13(20)3-5-17(24)23-14/h3,5,8-9H,4,6,10H2,1-2H3,(H,22,26). The average Bonchev–Trinajstić information content (AvgIpc) is 3.01.